The molecule has 0 aliphatic heterocycles. The average Bonchev–Trinajstić information content (AvgIpc) is 2.42. The van der Waals surface area contributed by atoms with E-state index in [9.17, 15) is 14.9 Å². The lowest BCUT2D eigenvalue weighted by molar-refractivity contribution is -0.385. The van der Waals surface area contributed by atoms with Crippen molar-refractivity contribution in [1.29, 1.82) is 0 Å². The van der Waals surface area contributed by atoms with Crippen molar-refractivity contribution in [2.45, 2.75) is 19.9 Å². The van der Waals surface area contributed by atoms with Crippen LogP contribution in [0.15, 0.2) is 18.2 Å². The molecule has 0 fully saturated rings. The molecule has 1 aromatic carbocycles. The number of carboxylic acid groups (broad SMARTS) is 1. The summed E-state index contributed by atoms with van der Waals surface area (Å²) in [6.45, 7) is 3.36. The second kappa shape index (κ2) is 7.44. The third kappa shape index (κ3) is 4.51. The number of aliphatic carboxylic acids is 1. The number of non-ortho nitro benzene ring substituents is 1. The number of carboxylic acids is 1. The van der Waals surface area contributed by atoms with E-state index < -0.39 is 10.9 Å². The van der Waals surface area contributed by atoms with Crippen LogP contribution in [0.3, 0.4) is 0 Å². The number of nitro groups is 1. The molecule has 0 radical (unpaired) electrons. The van der Waals surface area contributed by atoms with Crippen molar-refractivity contribution in [1.82, 2.24) is 4.90 Å². The van der Waals surface area contributed by atoms with E-state index in [4.69, 9.17) is 9.84 Å². The fourth-order valence-electron chi connectivity index (χ4n) is 1.85. The summed E-state index contributed by atoms with van der Waals surface area (Å²) in [5.74, 6) is -0.307. The highest BCUT2D eigenvalue weighted by Crippen LogP contribution is 2.25. The van der Waals surface area contributed by atoms with Crippen LogP contribution in [-0.4, -0.2) is 41.1 Å². The van der Waals surface area contributed by atoms with Gasteiger partial charge in [0, 0.05) is 30.8 Å². The minimum Gasteiger partial charge on any atom is -0.496 e. The Morgan fingerprint density at radius 1 is 1.50 bits per heavy atom. The Balaban J connectivity index is 2.89. The average molecular weight is 282 g/mol. The van der Waals surface area contributed by atoms with Gasteiger partial charge in [-0.1, -0.05) is 6.92 Å². The largest absolute Gasteiger partial charge is 0.496 e. The number of ether oxygens (including phenoxy) is 1. The van der Waals surface area contributed by atoms with E-state index in [1.807, 2.05) is 11.8 Å². The first-order valence-electron chi connectivity index (χ1n) is 6.23. The summed E-state index contributed by atoms with van der Waals surface area (Å²) in [4.78, 5) is 22.8. The molecule has 0 unspecified atom stereocenters. The number of nitro benzene ring substituents is 1. The summed E-state index contributed by atoms with van der Waals surface area (Å²) in [6.07, 6.45) is 0.0328. The topological polar surface area (TPSA) is 92.9 Å². The van der Waals surface area contributed by atoms with Crippen molar-refractivity contribution in [2.24, 2.45) is 0 Å². The van der Waals surface area contributed by atoms with Gasteiger partial charge in [0.2, 0.25) is 0 Å². The maximum Gasteiger partial charge on any atom is 0.304 e. The quantitative estimate of drug-likeness (QED) is 0.578. The predicted molar refractivity (Wildman–Crippen MR) is 72.9 cm³/mol. The Kier molecular flexibility index (Phi) is 5.92. The second-order valence-corrected chi connectivity index (χ2v) is 4.27. The molecule has 0 saturated carbocycles. The molecule has 0 aliphatic carbocycles. The second-order valence-electron chi connectivity index (χ2n) is 4.27. The summed E-state index contributed by atoms with van der Waals surface area (Å²) in [6, 6.07) is 4.40. The molecule has 0 aliphatic rings. The normalized spacial score (nSPS) is 10.6. The van der Waals surface area contributed by atoms with Gasteiger partial charge in [-0.05, 0) is 12.6 Å². The molecule has 0 heterocycles. The minimum absolute atomic E-state index is 0.00455. The van der Waals surface area contributed by atoms with Crippen LogP contribution in [0.25, 0.3) is 0 Å². The fourth-order valence-corrected chi connectivity index (χ4v) is 1.85. The van der Waals surface area contributed by atoms with Crippen molar-refractivity contribution in [3.05, 3.63) is 33.9 Å². The Bertz CT molecular complexity index is 490. The summed E-state index contributed by atoms with van der Waals surface area (Å²) in [5, 5.41) is 19.5. The zero-order valence-corrected chi connectivity index (χ0v) is 11.5. The maximum absolute atomic E-state index is 10.8. The van der Waals surface area contributed by atoms with Gasteiger partial charge in [-0.25, -0.2) is 0 Å². The zero-order valence-electron chi connectivity index (χ0n) is 11.5. The summed E-state index contributed by atoms with van der Waals surface area (Å²) in [7, 11) is 1.50. The summed E-state index contributed by atoms with van der Waals surface area (Å²) in [5.41, 5.74) is 0.670. The molecule has 110 valence electrons. The molecule has 0 aromatic heterocycles. The van der Waals surface area contributed by atoms with Gasteiger partial charge in [0.1, 0.15) is 5.75 Å². The van der Waals surface area contributed by atoms with Crippen molar-refractivity contribution in [3.8, 4) is 5.75 Å². The van der Waals surface area contributed by atoms with E-state index in [0.717, 1.165) is 0 Å². The molecule has 1 aromatic rings. The highest BCUT2D eigenvalue weighted by atomic mass is 16.6. The molecule has 1 rings (SSSR count). The lowest BCUT2D eigenvalue weighted by Gasteiger charge is -2.20. The molecule has 0 atom stereocenters. The van der Waals surface area contributed by atoms with Crippen molar-refractivity contribution in [3.63, 3.8) is 0 Å². The molecule has 7 nitrogen and oxygen atoms in total. The van der Waals surface area contributed by atoms with Crippen molar-refractivity contribution < 1.29 is 19.6 Å². The molecule has 20 heavy (non-hydrogen) atoms. The standard InChI is InChI=1S/C13H18N2O5/c1-3-14(7-6-13(16)17)9-10-8-11(15(18)19)4-5-12(10)20-2/h4-5,8H,3,6-7,9H2,1-2H3,(H,16,17). The van der Waals surface area contributed by atoms with E-state index in [1.165, 1.54) is 19.2 Å². The highest BCUT2D eigenvalue weighted by Gasteiger charge is 2.14. The first-order valence-corrected chi connectivity index (χ1v) is 6.23. The van der Waals surface area contributed by atoms with E-state index in [2.05, 4.69) is 0 Å². The molecule has 0 spiro atoms. The SMILES string of the molecule is CCN(CCC(=O)O)Cc1cc([N+](=O)[O-])ccc1OC. The number of rotatable bonds is 8. The fraction of sp³-hybridized carbons (Fsp3) is 0.462. The van der Waals surface area contributed by atoms with E-state index in [-0.39, 0.29) is 12.1 Å². The maximum atomic E-state index is 10.8. The van der Waals surface area contributed by atoms with Gasteiger partial charge < -0.3 is 9.84 Å². The lowest BCUT2D eigenvalue weighted by atomic mass is 10.1. The monoisotopic (exact) mass is 282 g/mol. The molecule has 7 heteroatoms. The molecule has 0 bridgehead atoms. The number of carbonyl (C=O) groups is 1. The van der Waals surface area contributed by atoms with Crippen LogP contribution in [0, 0.1) is 10.1 Å². The number of methoxy groups -OCH3 is 1. The van der Waals surface area contributed by atoms with Crippen LogP contribution in [0.5, 0.6) is 5.75 Å². The number of hydrogen-bond acceptors (Lipinski definition) is 5. The Labute approximate surface area is 116 Å². The van der Waals surface area contributed by atoms with Gasteiger partial charge in [-0.15, -0.1) is 0 Å². The predicted octanol–water partition coefficient (Wildman–Crippen LogP) is 1.90. The van der Waals surface area contributed by atoms with Gasteiger partial charge in [0.05, 0.1) is 18.5 Å². The Morgan fingerprint density at radius 3 is 2.70 bits per heavy atom. The Hall–Kier alpha value is -2.15. The smallest absolute Gasteiger partial charge is 0.304 e. The molecule has 0 saturated heterocycles. The van der Waals surface area contributed by atoms with E-state index in [0.29, 0.717) is 30.9 Å². The van der Waals surface area contributed by atoms with E-state index in [1.54, 1.807) is 6.07 Å². The first-order chi connectivity index (χ1) is 9.47. The van der Waals surface area contributed by atoms with Gasteiger partial charge in [-0.3, -0.25) is 19.8 Å². The summed E-state index contributed by atoms with van der Waals surface area (Å²) >= 11 is 0. The molecular weight excluding hydrogens is 264 g/mol. The van der Waals surface area contributed by atoms with Gasteiger partial charge in [-0.2, -0.15) is 0 Å². The van der Waals surface area contributed by atoms with Gasteiger partial charge in [0.25, 0.3) is 5.69 Å². The van der Waals surface area contributed by atoms with Crippen molar-refractivity contribution in [2.75, 3.05) is 20.2 Å². The van der Waals surface area contributed by atoms with E-state index >= 15 is 0 Å². The number of benzene rings is 1. The van der Waals surface area contributed by atoms with Gasteiger partial charge >= 0.3 is 5.97 Å². The van der Waals surface area contributed by atoms with Crippen LogP contribution in [0.2, 0.25) is 0 Å². The molecule has 1 N–H and O–H groups in total. The lowest BCUT2D eigenvalue weighted by Crippen LogP contribution is -2.26. The number of nitrogens with zero attached hydrogens (tertiary/aromatic N) is 2. The van der Waals surface area contributed by atoms with Crippen LogP contribution < -0.4 is 4.74 Å². The third-order valence-corrected chi connectivity index (χ3v) is 2.96. The van der Waals surface area contributed by atoms with Crippen LogP contribution in [-0.2, 0) is 11.3 Å². The minimum atomic E-state index is -0.866. The van der Waals surface area contributed by atoms with Crippen LogP contribution in [0.4, 0.5) is 5.69 Å². The van der Waals surface area contributed by atoms with Gasteiger partial charge in [0.15, 0.2) is 0 Å². The highest BCUT2D eigenvalue weighted by molar-refractivity contribution is 5.66. The molecular formula is C13H18N2O5. The zero-order chi connectivity index (χ0) is 15.1. The van der Waals surface area contributed by atoms with Crippen LogP contribution >= 0.6 is 0 Å². The summed E-state index contributed by atoms with van der Waals surface area (Å²) < 4.78 is 5.19. The number of hydrogen-bond donors (Lipinski definition) is 1. The Morgan fingerprint density at radius 2 is 2.20 bits per heavy atom. The molecule has 0 amide bonds. The van der Waals surface area contributed by atoms with Crippen LogP contribution in [0.1, 0.15) is 18.9 Å². The first kappa shape index (κ1) is 15.9. The van der Waals surface area contributed by atoms with Crippen molar-refractivity contribution >= 4 is 11.7 Å². The third-order valence-electron chi connectivity index (χ3n) is 2.96.